The molecule has 2 rings (SSSR count). The number of carbonyl (C=O) groups excluding carboxylic acids is 1. The van der Waals surface area contributed by atoms with Crippen molar-refractivity contribution in [3.05, 3.63) is 40.2 Å². The van der Waals surface area contributed by atoms with E-state index in [2.05, 4.69) is 10.3 Å². The van der Waals surface area contributed by atoms with E-state index in [4.69, 9.17) is 28.3 Å². The Morgan fingerprint density at radius 2 is 2.05 bits per heavy atom. The van der Waals surface area contributed by atoms with Gasteiger partial charge in [-0.2, -0.15) is 0 Å². The number of hydrogen-bond donors (Lipinski definition) is 2. The van der Waals surface area contributed by atoms with Gasteiger partial charge in [0.2, 0.25) is 0 Å². The SMILES string of the molecule is O=C(NC1C=CC(C(=O)O)C1)c1nc(Cl)ccc1Cl. The fourth-order valence-corrected chi connectivity index (χ4v) is 2.14. The first-order valence-electron chi connectivity index (χ1n) is 5.51. The highest BCUT2D eigenvalue weighted by Crippen LogP contribution is 2.20. The predicted octanol–water partition coefficient (Wildman–Crippen LogP) is 2.15. The highest BCUT2D eigenvalue weighted by molar-refractivity contribution is 6.34. The van der Waals surface area contributed by atoms with Crippen LogP contribution < -0.4 is 5.32 Å². The normalized spacial score (nSPS) is 21.4. The Kier molecular flexibility index (Phi) is 4.07. The average molecular weight is 301 g/mol. The van der Waals surface area contributed by atoms with Gasteiger partial charge in [-0.15, -0.1) is 0 Å². The first-order chi connectivity index (χ1) is 8.97. The number of aromatic nitrogens is 1. The maximum atomic E-state index is 12.0. The van der Waals surface area contributed by atoms with Crippen LogP contribution in [0, 0.1) is 5.92 Å². The second kappa shape index (κ2) is 5.59. The van der Waals surface area contributed by atoms with Crippen LogP contribution in [0.1, 0.15) is 16.9 Å². The van der Waals surface area contributed by atoms with Gasteiger partial charge in [0.25, 0.3) is 5.91 Å². The largest absolute Gasteiger partial charge is 0.481 e. The van der Waals surface area contributed by atoms with Crippen molar-refractivity contribution in [3.8, 4) is 0 Å². The van der Waals surface area contributed by atoms with Gasteiger partial charge < -0.3 is 10.4 Å². The lowest BCUT2D eigenvalue weighted by Gasteiger charge is -2.12. The van der Waals surface area contributed by atoms with E-state index in [9.17, 15) is 9.59 Å². The Hall–Kier alpha value is -1.59. The molecule has 0 saturated carbocycles. The van der Waals surface area contributed by atoms with Crippen molar-refractivity contribution in [2.45, 2.75) is 12.5 Å². The van der Waals surface area contributed by atoms with Gasteiger partial charge in [0, 0.05) is 6.04 Å². The van der Waals surface area contributed by atoms with Crippen LogP contribution in [0.2, 0.25) is 10.2 Å². The number of pyridine rings is 1. The molecule has 1 aromatic rings. The molecular formula is C12H10Cl2N2O3. The van der Waals surface area contributed by atoms with Crippen LogP contribution in [0.15, 0.2) is 24.3 Å². The minimum Gasteiger partial charge on any atom is -0.481 e. The lowest BCUT2D eigenvalue weighted by molar-refractivity contribution is -0.140. The summed E-state index contributed by atoms with van der Waals surface area (Å²) in [5.41, 5.74) is 0.0290. The van der Waals surface area contributed by atoms with E-state index >= 15 is 0 Å². The molecule has 100 valence electrons. The number of carboxylic acids is 1. The Morgan fingerprint density at radius 3 is 2.68 bits per heavy atom. The first kappa shape index (κ1) is 13.8. The van der Waals surface area contributed by atoms with Gasteiger partial charge in [-0.1, -0.05) is 35.4 Å². The fraction of sp³-hybridized carbons (Fsp3) is 0.250. The third kappa shape index (κ3) is 3.24. The number of nitrogens with zero attached hydrogens (tertiary/aromatic N) is 1. The maximum Gasteiger partial charge on any atom is 0.310 e. The molecule has 0 bridgehead atoms. The number of halogens is 2. The van der Waals surface area contributed by atoms with Crippen LogP contribution in [0.4, 0.5) is 0 Å². The Bertz CT molecular complexity index is 560. The standard InChI is InChI=1S/C12H10Cl2N2O3/c13-8-3-4-9(14)16-10(8)11(17)15-7-2-1-6(5-7)12(18)19/h1-4,6-7H,5H2,(H,15,17)(H,18,19). The molecule has 0 radical (unpaired) electrons. The zero-order valence-electron chi connectivity index (χ0n) is 9.64. The van der Waals surface area contributed by atoms with Crippen molar-refractivity contribution in [1.29, 1.82) is 0 Å². The molecule has 19 heavy (non-hydrogen) atoms. The lowest BCUT2D eigenvalue weighted by atomic mass is 10.1. The van der Waals surface area contributed by atoms with E-state index in [1.54, 1.807) is 12.2 Å². The topological polar surface area (TPSA) is 79.3 Å². The van der Waals surface area contributed by atoms with Crippen molar-refractivity contribution < 1.29 is 14.7 Å². The molecule has 0 aliphatic heterocycles. The van der Waals surface area contributed by atoms with Crippen molar-refractivity contribution in [1.82, 2.24) is 10.3 Å². The van der Waals surface area contributed by atoms with Crippen LogP contribution in [-0.2, 0) is 4.79 Å². The predicted molar refractivity (Wildman–Crippen MR) is 70.4 cm³/mol. The number of hydrogen-bond acceptors (Lipinski definition) is 3. The summed E-state index contributed by atoms with van der Waals surface area (Å²) < 4.78 is 0. The van der Waals surface area contributed by atoms with Crippen molar-refractivity contribution in [2.75, 3.05) is 0 Å². The quantitative estimate of drug-likeness (QED) is 0.662. The van der Waals surface area contributed by atoms with E-state index in [-0.39, 0.29) is 21.9 Å². The Labute approximate surface area is 119 Å². The highest BCUT2D eigenvalue weighted by atomic mass is 35.5. The molecule has 0 spiro atoms. The summed E-state index contributed by atoms with van der Waals surface area (Å²) in [5, 5.41) is 11.9. The van der Waals surface area contributed by atoms with Crippen LogP contribution in [0.25, 0.3) is 0 Å². The lowest BCUT2D eigenvalue weighted by Crippen LogP contribution is -2.34. The third-order valence-corrected chi connectivity index (χ3v) is 3.26. The summed E-state index contributed by atoms with van der Waals surface area (Å²) in [6, 6.07) is 2.62. The fourth-order valence-electron chi connectivity index (χ4n) is 1.80. The minimum atomic E-state index is -0.910. The summed E-state index contributed by atoms with van der Waals surface area (Å²) in [7, 11) is 0. The summed E-state index contributed by atoms with van der Waals surface area (Å²) >= 11 is 11.6. The molecule has 0 fully saturated rings. The second-order valence-electron chi connectivity index (χ2n) is 4.11. The molecule has 1 aliphatic rings. The van der Waals surface area contributed by atoms with E-state index in [0.717, 1.165) is 0 Å². The summed E-state index contributed by atoms with van der Waals surface area (Å²) in [5.74, 6) is -1.96. The van der Waals surface area contributed by atoms with Gasteiger partial charge in [-0.05, 0) is 18.6 Å². The summed E-state index contributed by atoms with van der Waals surface area (Å²) in [4.78, 5) is 26.6. The molecule has 2 N–H and O–H groups in total. The van der Waals surface area contributed by atoms with Crippen molar-refractivity contribution in [2.24, 2.45) is 5.92 Å². The van der Waals surface area contributed by atoms with Gasteiger partial charge >= 0.3 is 5.97 Å². The number of carbonyl (C=O) groups is 2. The van der Waals surface area contributed by atoms with Crippen LogP contribution >= 0.6 is 23.2 Å². The number of nitrogens with one attached hydrogen (secondary N) is 1. The zero-order valence-corrected chi connectivity index (χ0v) is 11.1. The van der Waals surface area contributed by atoms with E-state index in [0.29, 0.717) is 6.42 Å². The highest BCUT2D eigenvalue weighted by Gasteiger charge is 2.26. The molecule has 1 aliphatic carbocycles. The van der Waals surface area contributed by atoms with Gasteiger partial charge in [0.15, 0.2) is 0 Å². The molecular weight excluding hydrogens is 291 g/mol. The molecule has 0 aromatic carbocycles. The van der Waals surface area contributed by atoms with Crippen LogP contribution in [0.5, 0.6) is 0 Å². The third-order valence-electron chi connectivity index (χ3n) is 2.74. The van der Waals surface area contributed by atoms with Crippen LogP contribution in [0.3, 0.4) is 0 Å². The van der Waals surface area contributed by atoms with Crippen molar-refractivity contribution >= 4 is 35.1 Å². The molecule has 1 aromatic heterocycles. The van der Waals surface area contributed by atoms with Gasteiger partial charge in [0.05, 0.1) is 10.9 Å². The van der Waals surface area contributed by atoms with Gasteiger partial charge in [-0.3, -0.25) is 9.59 Å². The monoisotopic (exact) mass is 300 g/mol. The minimum absolute atomic E-state index is 0.0290. The molecule has 2 atom stereocenters. The smallest absolute Gasteiger partial charge is 0.310 e. The van der Waals surface area contributed by atoms with Crippen LogP contribution in [-0.4, -0.2) is 28.0 Å². The number of rotatable bonds is 3. The Morgan fingerprint density at radius 1 is 1.32 bits per heavy atom. The molecule has 1 heterocycles. The molecule has 1 amide bonds. The molecule has 7 heteroatoms. The first-order valence-corrected chi connectivity index (χ1v) is 6.27. The summed E-state index contributed by atoms with van der Waals surface area (Å²) in [6.07, 6.45) is 3.52. The van der Waals surface area contributed by atoms with E-state index < -0.39 is 17.8 Å². The number of aliphatic carboxylic acids is 1. The van der Waals surface area contributed by atoms with Gasteiger partial charge in [0.1, 0.15) is 10.8 Å². The molecule has 2 unspecified atom stereocenters. The summed E-state index contributed by atoms with van der Waals surface area (Å²) in [6.45, 7) is 0. The van der Waals surface area contributed by atoms with E-state index in [1.165, 1.54) is 12.1 Å². The molecule has 0 saturated heterocycles. The number of amides is 1. The van der Waals surface area contributed by atoms with Crippen molar-refractivity contribution in [3.63, 3.8) is 0 Å². The zero-order chi connectivity index (χ0) is 14.0. The maximum absolute atomic E-state index is 12.0. The Balaban J connectivity index is 2.05. The number of carboxylic acid groups (broad SMARTS) is 1. The molecule has 5 nitrogen and oxygen atoms in total. The van der Waals surface area contributed by atoms with Gasteiger partial charge in [-0.25, -0.2) is 4.98 Å². The van der Waals surface area contributed by atoms with E-state index in [1.807, 2.05) is 0 Å². The average Bonchev–Trinajstić information content (AvgIpc) is 2.80. The second-order valence-corrected chi connectivity index (χ2v) is 4.90.